The molecule has 0 unspecified atom stereocenters. The zero-order valence-electron chi connectivity index (χ0n) is 9.27. The molecule has 0 amide bonds. The largest absolute Gasteiger partial charge is 0.399 e. The first-order valence-electron chi connectivity index (χ1n) is 5.33. The van der Waals surface area contributed by atoms with Gasteiger partial charge < -0.3 is 5.73 Å². The Kier molecular flexibility index (Phi) is 4.45. The van der Waals surface area contributed by atoms with Crippen molar-refractivity contribution in [3.8, 4) is 0 Å². The topological polar surface area (TPSA) is 38.9 Å². The van der Waals surface area contributed by atoms with Gasteiger partial charge in [0.2, 0.25) is 0 Å². The minimum absolute atomic E-state index is 0.872. The molecule has 17 heavy (non-hydrogen) atoms. The van der Waals surface area contributed by atoms with Crippen molar-refractivity contribution in [2.75, 3.05) is 11.5 Å². The van der Waals surface area contributed by atoms with Gasteiger partial charge in [-0.3, -0.25) is 0 Å². The Morgan fingerprint density at radius 2 is 2.00 bits per heavy atom. The van der Waals surface area contributed by atoms with Crippen LogP contribution in [-0.4, -0.2) is 10.7 Å². The van der Waals surface area contributed by atoms with Crippen LogP contribution in [-0.2, 0) is 6.42 Å². The van der Waals surface area contributed by atoms with Crippen LogP contribution in [0.15, 0.2) is 52.1 Å². The maximum atomic E-state index is 5.89. The number of para-hydroxylation sites is 1. The van der Waals surface area contributed by atoms with E-state index in [-0.39, 0.29) is 0 Å². The number of pyridine rings is 1. The van der Waals surface area contributed by atoms with E-state index < -0.39 is 0 Å². The molecule has 0 fully saturated rings. The van der Waals surface area contributed by atoms with E-state index in [9.17, 15) is 0 Å². The summed E-state index contributed by atoms with van der Waals surface area (Å²) in [6, 6.07) is 12.0. The lowest BCUT2D eigenvalue weighted by Gasteiger charge is -2.04. The van der Waals surface area contributed by atoms with Crippen LogP contribution in [0.25, 0.3) is 0 Å². The third-order valence-corrected chi connectivity index (χ3v) is 3.79. The Bertz CT molecular complexity index is 485. The summed E-state index contributed by atoms with van der Waals surface area (Å²) in [5, 5.41) is 1.04. The minimum Gasteiger partial charge on any atom is -0.399 e. The van der Waals surface area contributed by atoms with Crippen LogP contribution < -0.4 is 5.73 Å². The first-order valence-corrected chi connectivity index (χ1v) is 7.11. The number of thioether (sulfide) groups is 1. The Morgan fingerprint density at radius 3 is 2.71 bits per heavy atom. The van der Waals surface area contributed by atoms with Crippen molar-refractivity contribution >= 4 is 33.4 Å². The highest BCUT2D eigenvalue weighted by Crippen LogP contribution is 2.20. The molecule has 0 spiro atoms. The van der Waals surface area contributed by atoms with Crippen LogP contribution in [0.4, 0.5) is 5.69 Å². The van der Waals surface area contributed by atoms with Crippen molar-refractivity contribution in [3.05, 3.63) is 52.6 Å². The summed E-state index contributed by atoms with van der Waals surface area (Å²) in [7, 11) is 0. The predicted molar refractivity (Wildman–Crippen MR) is 77.2 cm³/mol. The highest BCUT2D eigenvalue weighted by molar-refractivity contribution is 9.10. The summed E-state index contributed by atoms with van der Waals surface area (Å²) < 4.78 is 1.01. The van der Waals surface area contributed by atoms with E-state index in [0.29, 0.717) is 0 Å². The summed E-state index contributed by atoms with van der Waals surface area (Å²) in [6.45, 7) is 0. The van der Waals surface area contributed by atoms with E-state index in [1.165, 1.54) is 5.56 Å². The lowest BCUT2D eigenvalue weighted by molar-refractivity contribution is 1.10. The molecule has 2 N–H and O–H groups in total. The smallest absolute Gasteiger partial charge is 0.0960 e. The van der Waals surface area contributed by atoms with Gasteiger partial charge in [0.1, 0.15) is 0 Å². The fourth-order valence-corrected chi connectivity index (χ4v) is 2.53. The molecule has 2 rings (SSSR count). The number of halogens is 1. The molecule has 0 aliphatic rings. The number of nitrogen functional groups attached to an aromatic ring is 1. The third-order valence-electron chi connectivity index (χ3n) is 2.38. The molecular weight excluding hydrogens is 296 g/mol. The first kappa shape index (κ1) is 12.5. The fourth-order valence-electron chi connectivity index (χ4n) is 1.48. The van der Waals surface area contributed by atoms with Crippen LogP contribution in [0.2, 0.25) is 0 Å². The number of anilines is 1. The standard InChI is InChI=1S/C13H13BrN2S/c14-11-5-6-13(16-9-11)17-8-7-10-3-1-2-4-12(10)15/h1-6,9H,7-8,15H2. The molecular formula is C13H13BrN2S. The highest BCUT2D eigenvalue weighted by atomic mass is 79.9. The van der Waals surface area contributed by atoms with E-state index in [2.05, 4.69) is 27.0 Å². The molecule has 2 nitrogen and oxygen atoms in total. The van der Waals surface area contributed by atoms with Gasteiger partial charge in [0.25, 0.3) is 0 Å². The summed E-state index contributed by atoms with van der Waals surface area (Å²) >= 11 is 5.12. The molecule has 0 aliphatic carbocycles. The molecule has 0 bridgehead atoms. The quantitative estimate of drug-likeness (QED) is 0.690. The van der Waals surface area contributed by atoms with Gasteiger partial charge in [0.05, 0.1) is 5.03 Å². The summed E-state index contributed by atoms with van der Waals surface area (Å²) in [5.74, 6) is 0.989. The number of aromatic nitrogens is 1. The molecule has 1 heterocycles. The zero-order valence-corrected chi connectivity index (χ0v) is 11.7. The van der Waals surface area contributed by atoms with Crippen molar-refractivity contribution in [2.45, 2.75) is 11.4 Å². The van der Waals surface area contributed by atoms with E-state index in [4.69, 9.17) is 5.73 Å². The molecule has 0 saturated heterocycles. The van der Waals surface area contributed by atoms with Crippen molar-refractivity contribution in [1.29, 1.82) is 0 Å². The van der Waals surface area contributed by atoms with E-state index in [0.717, 1.165) is 27.4 Å². The Morgan fingerprint density at radius 1 is 1.18 bits per heavy atom. The maximum Gasteiger partial charge on any atom is 0.0960 e. The molecule has 0 saturated carbocycles. The van der Waals surface area contributed by atoms with Gasteiger partial charge >= 0.3 is 0 Å². The second kappa shape index (κ2) is 6.07. The number of nitrogens with two attached hydrogens (primary N) is 1. The Hall–Kier alpha value is -1.00. The van der Waals surface area contributed by atoms with Crippen LogP contribution in [0.5, 0.6) is 0 Å². The van der Waals surface area contributed by atoms with Crippen LogP contribution in [0.1, 0.15) is 5.56 Å². The zero-order chi connectivity index (χ0) is 12.1. The number of nitrogens with zero attached hydrogens (tertiary/aromatic N) is 1. The SMILES string of the molecule is Nc1ccccc1CCSc1ccc(Br)cn1. The van der Waals surface area contributed by atoms with E-state index in [1.54, 1.807) is 11.8 Å². The van der Waals surface area contributed by atoms with Crippen molar-refractivity contribution in [2.24, 2.45) is 0 Å². The third kappa shape index (κ3) is 3.75. The molecule has 1 aromatic heterocycles. The normalized spacial score (nSPS) is 10.4. The molecule has 0 atom stereocenters. The molecule has 2 aromatic rings. The van der Waals surface area contributed by atoms with Gasteiger partial charge in [0.15, 0.2) is 0 Å². The van der Waals surface area contributed by atoms with Gasteiger partial charge in [-0.2, -0.15) is 0 Å². The number of aryl methyl sites for hydroxylation is 1. The number of rotatable bonds is 4. The highest BCUT2D eigenvalue weighted by Gasteiger charge is 1.99. The number of hydrogen-bond acceptors (Lipinski definition) is 3. The predicted octanol–water partition coefficient (Wildman–Crippen LogP) is 3.76. The van der Waals surface area contributed by atoms with Crippen LogP contribution in [0, 0.1) is 0 Å². The molecule has 1 aromatic carbocycles. The second-order valence-electron chi connectivity index (χ2n) is 3.61. The lowest BCUT2D eigenvalue weighted by Crippen LogP contribution is -1.95. The van der Waals surface area contributed by atoms with Gasteiger partial charge in [-0.25, -0.2) is 4.98 Å². The van der Waals surface area contributed by atoms with E-state index in [1.807, 2.05) is 36.5 Å². The average Bonchev–Trinajstić information content (AvgIpc) is 2.34. The maximum absolute atomic E-state index is 5.89. The van der Waals surface area contributed by atoms with E-state index >= 15 is 0 Å². The molecule has 0 aliphatic heterocycles. The first-order chi connectivity index (χ1) is 8.25. The molecule has 4 heteroatoms. The van der Waals surface area contributed by atoms with Gasteiger partial charge in [-0.1, -0.05) is 18.2 Å². The van der Waals surface area contributed by atoms with Crippen LogP contribution in [0.3, 0.4) is 0 Å². The van der Waals surface area contributed by atoms with Crippen LogP contribution >= 0.6 is 27.7 Å². The molecule has 0 radical (unpaired) electrons. The minimum atomic E-state index is 0.872. The summed E-state index contributed by atoms with van der Waals surface area (Å²) in [5.41, 5.74) is 7.97. The number of hydrogen-bond donors (Lipinski definition) is 1. The Balaban J connectivity index is 1.88. The number of benzene rings is 1. The second-order valence-corrected chi connectivity index (χ2v) is 5.64. The fraction of sp³-hybridized carbons (Fsp3) is 0.154. The average molecular weight is 309 g/mol. The van der Waals surface area contributed by atoms with Gasteiger partial charge in [0, 0.05) is 22.1 Å². The monoisotopic (exact) mass is 308 g/mol. The van der Waals surface area contributed by atoms with Crippen molar-refractivity contribution < 1.29 is 0 Å². The van der Waals surface area contributed by atoms with Crippen molar-refractivity contribution in [3.63, 3.8) is 0 Å². The summed E-state index contributed by atoms with van der Waals surface area (Å²) in [6.07, 6.45) is 2.79. The summed E-state index contributed by atoms with van der Waals surface area (Å²) in [4.78, 5) is 4.32. The van der Waals surface area contributed by atoms with Crippen molar-refractivity contribution in [1.82, 2.24) is 4.98 Å². The molecule has 88 valence electrons. The van der Waals surface area contributed by atoms with Gasteiger partial charge in [-0.05, 0) is 46.1 Å². The lowest BCUT2D eigenvalue weighted by atomic mass is 10.1. The Labute approximate surface area is 114 Å². The van der Waals surface area contributed by atoms with Gasteiger partial charge in [-0.15, -0.1) is 11.8 Å².